The molecule has 0 fully saturated rings. The minimum atomic E-state index is -7.31. The van der Waals surface area contributed by atoms with Crippen molar-refractivity contribution < 1.29 is 76.3 Å². The van der Waals surface area contributed by atoms with Gasteiger partial charge in [-0.3, -0.25) is 4.74 Å². The molecule has 2 unspecified atom stereocenters. The molecule has 0 amide bonds. The molecule has 0 aliphatic heterocycles. The molecule has 0 bridgehead atoms. The molecule has 2 atom stereocenters. The molecule has 0 saturated heterocycles. The average Bonchev–Trinajstić information content (AvgIpc) is 2.41. The maximum atomic E-state index is 13.6. The van der Waals surface area contributed by atoms with Crippen molar-refractivity contribution >= 4 is 0 Å². The molecule has 0 radical (unpaired) electrons. The quantitative estimate of drug-likeness (QED) is 0.218. The van der Waals surface area contributed by atoms with Gasteiger partial charge < -0.3 is 0 Å². The Kier molecular flexibility index (Phi) is 7.22. The summed E-state index contributed by atoms with van der Waals surface area (Å²) in [6.07, 6.45) is -27.4. The second kappa shape index (κ2) is 7.59. The van der Waals surface area contributed by atoms with Crippen molar-refractivity contribution in [2.75, 3.05) is 6.61 Å². The average molecular weight is 438 g/mol. The lowest BCUT2D eigenvalue weighted by Crippen LogP contribution is -2.64. The molecule has 0 heterocycles. The van der Waals surface area contributed by atoms with E-state index in [0.29, 0.717) is 0 Å². The molecule has 4 nitrogen and oxygen atoms in total. The fraction of sp³-hybridized carbons (Fsp3) is 0.800. The molecule has 0 spiro atoms. The number of halogens is 13. The van der Waals surface area contributed by atoms with Crippen molar-refractivity contribution in [3.63, 3.8) is 0 Å². The molecule has 17 heteroatoms. The molecule has 0 aliphatic rings. The Bertz CT molecular complexity index is 530. The lowest BCUT2D eigenvalue weighted by Gasteiger charge is -2.38. The van der Waals surface area contributed by atoms with Gasteiger partial charge in [0.05, 0.1) is 6.61 Å². The normalized spacial score (nSPS) is 18.7. The second-order valence-electron chi connectivity index (χ2n) is 4.26. The van der Waals surface area contributed by atoms with Crippen LogP contribution in [0.4, 0.5) is 57.1 Å². The molecule has 0 aromatic rings. The lowest BCUT2D eigenvalue weighted by atomic mass is 10.2. The summed E-state index contributed by atoms with van der Waals surface area (Å²) in [5.41, 5.74) is 0. The van der Waals surface area contributed by atoms with Gasteiger partial charge in [0.25, 0.3) is 0 Å². The Morgan fingerprint density at radius 3 is 1.52 bits per heavy atom. The highest BCUT2D eigenvalue weighted by molar-refractivity contribution is 4.96. The predicted molar refractivity (Wildman–Crippen MR) is 54.8 cm³/mol. The van der Waals surface area contributed by atoms with E-state index in [2.05, 4.69) is 9.78 Å². The first-order chi connectivity index (χ1) is 11.7. The van der Waals surface area contributed by atoms with Gasteiger partial charge in [-0.25, -0.2) is 14.0 Å². The Morgan fingerprint density at radius 1 is 0.778 bits per heavy atom. The summed E-state index contributed by atoms with van der Waals surface area (Å²) in [6.45, 7) is 1.43. The molecule has 0 aromatic heterocycles. The number of hydrogen-bond acceptors (Lipinski definition) is 4. The zero-order chi connectivity index (χ0) is 22.1. The summed E-state index contributed by atoms with van der Waals surface area (Å²) in [6, 6.07) is -6.29. The first kappa shape index (κ1) is 25.7. The third-order valence-electron chi connectivity index (χ3n) is 2.21. The van der Waals surface area contributed by atoms with Gasteiger partial charge in [0, 0.05) is 0 Å². The third-order valence-corrected chi connectivity index (χ3v) is 2.21. The van der Waals surface area contributed by atoms with Crippen molar-refractivity contribution in [3.8, 4) is 0 Å². The van der Waals surface area contributed by atoms with Crippen LogP contribution >= 0.6 is 0 Å². The van der Waals surface area contributed by atoms with Gasteiger partial charge >= 0.3 is 36.5 Å². The van der Waals surface area contributed by atoms with Crippen LogP contribution in [0.3, 0.4) is 0 Å². The zero-order valence-corrected chi connectivity index (χ0v) is 12.5. The van der Waals surface area contributed by atoms with E-state index in [0.717, 1.165) is 6.92 Å². The Morgan fingerprint density at radius 2 is 1.22 bits per heavy atom. The molecule has 0 aliphatic carbocycles. The standard InChI is InChI=1S/C10H7F13O4/c1-3-24-27-10(23,8(18,19)20)26-9(21,22)6(14,7(15,16)17)25-5(12,13)4(2)11/h2-3H2,1H3. The van der Waals surface area contributed by atoms with Gasteiger partial charge in [0.1, 0.15) is 0 Å². The van der Waals surface area contributed by atoms with E-state index in [1.165, 1.54) is 0 Å². The fourth-order valence-electron chi connectivity index (χ4n) is 1.00. The van der Waals surface area contributed by atoms with Gasteiger partial charge in [-0.05, 0) is 6.92 Å². The van der Waals surface area contributed by atoms with E-state index < -0.39 is 48.9 Å². The summed E-state index contributed by atoms with van der Waals surface area (Å²) in [5.74, 6) is -10.5. The van der Waals surface area contributed by atoms with Gasteiger partial charge in [-0.1, -0.05) is 6.58 Å². The van der Waals surface area contributed by atoms with Crippen LogP contribution in [0.1, 0.15) is 6.92 Å². The van der Waals surface area contributed by atoms with E-state index in [4.69, 9.17) is 0 Å². The highest BCUT2D eigenvalue weighted by atomic mass is 19.4. The summed E-state index contributed by atoms with van der Waals surface area (Å²) < 4.78 is 170. The van der Waals surface area contributed by atoms with Crippen molar-refractivity contribution in [3.05, 3.63) is 12.4 Å². The molecule has 0 aromatic carbocycles. The van der Waals surface area contributed by atoms with Crippen LogP contribution < -0.4 is 0 Å². The fourth-order valence-corrected chi connectivity index (χ4v) is 1.00. The molecule has 0 rings (SSSR count). The monoisotopic (exact) mass is 438 g/mol. The van der Waals surface area contributed by atoms with Crippen molar-refractivity contribution in [2.24, 2.45) is 0 Å². The van der Waals surface area contributed by atoms with Crippen LogP contribution in [-0.4, -0.2) is 43.1 Å². The molecular formula is C10H7F13O4. The second-order valence-corrected chi connectivity index (χ2v) is 4.26. The van der Waals surface area contributed by atoms with Crippen LogP contribution in [0.25, 0.3) is 0 Å². The van der Waals surface area contributed by atoms with Gasteiger partial charge in [0.2, 0.25) is 0 Å². The minimum Gasteiger partial charge on any atom is -0.262 e. The number of rotatable bonds is 9. The van der Waals surface area contributed by atoms with Crippen LogP contribution in [0.2, 0.25) is 0 Å². The van der Waals surface area contributed by atoms with Gasteiger partial charge in [-0.15, -0.1) is 0 Å². The topological polar surface area (TPSA) is 36.9 Å². The third kappa shape index (κ3) is 5.35. The first-order valence-corrected chi connectivity index (χ1v) is 5.99. The zero-order valence-electron chi connectivity index (χ0n) is 12.5. The Hall–Kier alpha value is -1.33. The van der Waals surface area contributed by atoms with E-state index in [9.17, 15) is 57.1 Å². The molecule has 0 saturated carbocycles. The van der Waals surface area contributed by atoms with E-state index in [1.807, 2.05) is 9.47 Å². The SMILES string of the molecule is C=C(F)C(F)(F)OC(F)(C(F)(F)F)C(F)(F)OC(F)(OOCC)C(F)(F)F. The number of ether oxygens (including phenoxy) is 2. The molecular weight excluding hydrogens is 431 g/mol. The van der Waals surface area contributed by atoms with E-state index >= 15 is 0 Å². The van der Waals surface area contributed by atoms with E-state index in [1.54, 1.807) is 6.58 Å². The first-order valence-electron chi connectivity index (χ1n) is 5.99. The van der Waals surface area contributed by atoms with Crippen molar-refractivity contribution in [1.29, 1.82) is 0 Å². The summed E-state index contributed by atoms with van der Waals surface area (Å²) in [4.78, 5) is 5.99. The molecule has 162 valence electrons. The molecule has 27 heavy (non-hydrogen) atoms. The van der Waals surface area contributed by atoms with Gasteiger partial charge in [0.15, 0.2) is 5.83 Å². The lowest BCUT2D eigenvalue weighted by molar-refractivity contribution is -0.599. The minimum absolute atomic E-state index is 0.778. The smallest absolute Gasteiger partial charge is 0.262 e. The maximum Gasteiger partial charge on any atom is 0.480 e. The summed E-state index contributed by atoms with van der Waals surface area (Å²) in [7, 11) is 0. The van der Waals surface area contributed by atoms with Gasteiger partial charge in [-0.2, -0.15) is 57.6 Å². The van der Waals surface area contributed by atoms with Crippen LogP contribution in [0, 0.1) is 0 Å². The highest BCUT2D eigenvalue weighted by Crippen LogP contribution is 2.53. The van der Waals surface area contributed by atoms with Crippen LogP contribution in [-0.2, 0) is 19.2 Å². The number of hydrogen-bond donors (Lipinski definition) is 0. The van der Waals surface area contributed by atoms with Crippen LogP contribution in [0.15, 0.2) is 12.4 Å². The highest BCUT2D eigenvalue weighted by Gasteiger charge is 2.81. The number of alkyl halides is 12. The van der Waals surface area contributed by atoms with Crippen LogP contribution in [0.5, 0.6) is 0 Å². The van der Waals surface area contributed by atoms with E-state index in [-0.39, 0.29) is 0 Å². The molecule has 0 N–H and O–H groups in total. The Labute approximate surface area is 140 Å². The predicted octanol–water partition coefficient (Wildman–Crippen LogP) is 5.07. The summed E-state index contributed by atoms with van der Waals surface area (Å²) >= 11 is 0. The summed E-state index contributed by atoms with van der Waals surface area (Å²) in [5, 5.41) is 0. The maximum absolute atomic E-state index is 13.6. The Balaban J connectivity index is 6.21. The largest absolute Gasteiger partial charge is 0.480 e. The van der Waals surface area contributed by atoms with Crippen molar-refractivity contribution in [1.82, 2.24) is 0 Å². The van der Waals surface area contributed by atoms with Crippen molar-refractivity contribution in [2.45, 2.75) is 43.4 Å².